The molecular weight excluding hydrogens is 346 g/mol. The maximum Gasteiger partial charge on any atom is 0 e. The van der Waals surface area contributed by atoms with Crippen molar-refractivity contribution in [2.75, 3.05) is 0 Å². The molecule has 1 aliphatic rings. The molecule has 0 saturated heterocycles. The van der Waals surface area contributed by atoms with Gasteiger partial charge in [0.2, 0.25) is 0 Å². The van der Waals surface area contributed by atoms with Crippen molar-refractivity contribution in [2.45, 2.75) is 13.3 Å². The van der Waals surface area contributed by atoms with Crippen LogP contribution in [0.15, 0.2) is 48.1 Å². The van der Waals surface area contributed by atoms with Crippen molar-refractivity contribution in [2.24, 2.45) is 0 Å². The van der Waals surface area contributed by atoms with Crippen LogP contribution in [0, 0.1) is 12.1 Å². The van der Waals surface area contributed by atoms with Crippen LogP contribution in [0.25, 0.3) is 5.57 Å². The molecule has 2 heteroatoms. The Hall–Kier alpha value is 0.648. The SMILES string of the molecule is CC(=C1C=CCC=C1)c1[c-]c[c-]cc1.[Y].[Y]. The molecule has 16 heavy (non-hydrogen) atoms. The van der Waals surface area contributed by atoms with Crippen LogP contribution in [-0.4, -0.2) is 0 Å². The maximum atomic E-state index is 3.18. The van der Waals surface area contributed by atoms with Crippen LogP contribution in [0.2, 0.25) is 0 Å². The molecule has 0 unspecified atom stereocenters. The quantitative estimate of drug-likeness (QED) is 0.674. The Balaban J connectivity index is 0.00000112. The number of hydrogen-bond acceptors (Lipinski definition) is 0. The van der Waals surface area contributed by atoms with Crippen LogP contribution < -0.4 is 0 Å². The first-order valence-corrected chi connectivity index (χ1v) is 4.80. The van der Waals surface area contributed by atoms with Gasteiger partial charge in [-0.05, 0) is 6.42 Å². The van der Waals surface area contributed by atoms with E-state index in [4.69, 9.17) is 0 Å². The summed E-state index contributed by atoms with van der Waals surface area (Å²) in [7, 11) is 0. The van der Waals surface area contributed by atoms with Crippen molar-refractivity contribution in [3.8, 4) is 0 Å². The number of rotatable bonds is 1. The Morgan fingerprint density at radius 1 is 1.19 bits per heavy atom. The molecular formula is C14H12Y2-2. The molecule has 76 valence electrons. The summed E-state index contributed by atoms with van der Waals surface area (Å²) in [5, 5.41) is 0. The fourth-order valence-corrected chi connectivity index (χ4v) is 1.51. The van der Waals surface area contributed by atoms with Crippen molar-refractivity contribution in [1.29, 1.82) is 0 Å². The van der Waals surface area contributed by atoms with E-state index in [0.29, 0.717) is 0 Å². The van der Waals surface area contributed by atoms with Gasteiger partial charge in [-0.1, -0.05) is 24.3 Å². The van der Waals surface area contributed by atoms with E-state index < -0.39 is 0 Å². The molecule has 0 N–H and O–H groups in total. The minimum atomic E-state index is 0. The van der Waals surface area contributed by atoms with Gasteiger partial charge >= 0.3 is 0 Å². The molecule has 1 aromatic rings. The van der Waals surface area contributed by atoms with Crippen LogP contribution >= 0.6 is 0 Å². The van der Waals surface area contributed by atoms with Gasteiger partial charge < -0.3 is 0 Å². The summed E-state index contributed by atoms with van der Waals surface area (Å²) < 4.78 is 0. The van der Waals surface area contributed by atoms with Crippen LogP contribution in [0.4, 0.5) is 0 Å². The Labute approximate surface area is 148 Å². The van der Waals surface area contributed by atoms with Crippen molar-refractivity contribution in [3.63, 3.8) is 0 Å². The van der Waals surface area contributed by atoms with E-state index in [1.54, 1.807) is 0 Å². The summed E-state index contributed by atoms with van der Waals surface area (Å²) in [5.41, 5.74) is 3.69. The Kier molecular flexibility index (Phi) is 9.05. The molecule has 0 amide bonds. The third kappa shape index (κ3) is 4.49. The predicted octanol–water partition coefficient (Wildman–Crippen LogP) is 3.57. The molecule has 1 aromatic carbocycles. The summed E-state index contributed by atoms with van der Waals surface area (Å²) in [6, 6.07) is 12.0. The van der Waals surface area contributed by atoms with E-state index in [1.807, 2.05) is 18.2 Å². The van der Waals surface area contributed by atoms with E-state index in [1.165, 1.54) is 11.1 Å². The third-order valence-corrected chi connectivity index (χ3v) is 2.36. The van der Waals surface area contributed by atoms with Gasteiger partial charge in [-0.3, -0.25) is 17.7 Å². The first-order chi connectivity index (χ1) is 6.88. The second-order valence-corrected chi connectivity index (χ2v) is 3.32. The molecule has 0 bridgehead atoms. The normalized spacial score (nSPS) is 12.7. The zero-order valence-corrected chi connectivity index (χ0v) is 15.1. The van der Waals surface area contributed by atoms with E-state index in [0.717, 1.165) is 12.0 Å². The first-order valence-electron chi connectivity index (χ1n) is 4.80. The van der Waals surface area contributed by atoms with Gasteiger partial charge in [0.05, 0.1) is 0 Å². The maximum absolute atomic E-state index is 3.18. The average molecular weight is 358 g/mol. The van der Waals surface area contributed by atoms with E-state index in [-0.39, 0.29) is 65.4 Å². The Morgan fingerprint density at radius 2 is 1.88 bits per heavy atom. The summed E-state index contributed by atoms with van der Waals surface area (Å²) in [6.45, 7) is 2.13. The third-order valence-electron chi connectivity index (χ3n) is 2.36. The van der Waals surface area contributed by atoms with Gasteiger partial charge in [-0.25, -0.2) is 23.8 Å². The van der Waals surface area contributed by atoms with Gasteiger partial charge in [0.15, 0.2) is 0 Å². The molecule has 2 rings (SSSR count). The molecule has 0 spiro atoms. The van der Waals surface area contributed by atoms with Crippen LogP contribution in [0.3, 0.4) is 0 Å². The standard InChI is InChI=1S/C14H12.2Y/c1-12(13-8-4-2-5-9-13)14-10-6-3-7-11-14;;/h4-10H,2H2,1H3;;/q-2;;. The van der Waals surface area contributed by atoms with E-state index in [2.05, 4.69) is 43.4 Å². The predicted molar refractivity (Wildman–Crippen MR) is 59.6 cm³/mol. The summed E-state index contributed by atoms with van der Waals surface area (Å²) >= 11 is 0. The molecule has 0 nitrogen and oxygen atoms in total. The van der Waals surface area contributed by atoms with Crippen molar-refractivity contribution >= 4 is 5.57 Å². The molecule has 0 aromatic heterocycles. The van der Waals surface area contributed by atoms with Gasteiger partial charge in [-0.15, -0.1) is 12.5 Å². The zero-order valence-electron chi connectivity index (χ0n) is 9.40. The van der Waals surface area contributed by atoms with Crippen molar-refractivity contribution in [1.82, 2.24) is 0 Å². The van der Waals surface area contributed by atoms with Crippen LogP contribution in [0.1, 0.15) is 18.9 Å². The second-order valence-electron chi connectivity index (χ2n) is 3.32. The Morgan fingerprint density at radius 3 is 2.44 bits per heavy atom. The summed E-state index contributed by atoms with van der Waals surface area (Å²) in [5.74, 6) is 0. The molecule has 0 aliphatic heterocycles. The minimum absolute atomic E-state index is 0. The fraction of sp³-hybridized carbons (Fsp3) is 0.143. The van der Waals surface area contributed by atoms with Gasteiger partial charge in [-0.2, -0.15) is 0 Å². The number of benzene rings is 1. The summed E-state index contributed by atoms with van der Waals surface area (Å²) in [6.07, 6.45) is 9.73. The van der Waals surface area contributed by atoms with Gasteiger partial charge in [0.1, 0.15) is 0 Å². The molecule has 1 aliphatic carbocycles. The van der Waals surface area contributed by atoms with Gasteiger partial charge in [0.25, 0.3) is 0 Å². The molecule has 0 atom stereocenters. The molecule has 0 heterocycles. The number of allylic oxidation sites excluding steroid dienone is 6. The molecule has 2 radical (unpaired) electrons. The summed E-state index contributed by atoms with van der Waals surface area (Å²) in [4.78, 5) is 0. The smallest absolute Gasteiger partial charge is 0 e. The van der Waals surface area contributed by atoms with E-state index >= 15 is 0 Å². The monoisotopic (exact) mass is 358 g/mol. The fourth-order valence-electron chi connectivity index (χ4n) is 1.51. The van der Waals surface area contributed by atoms with Crippen molar-refractivity contribution in [3.05, 3.63) is 65.8 Å². The van der Waals surface area contributed by atoms with Gasteiger partial charge in [0, 0.05) is 65.4 Å². The zero-order chi connectivity index (χ0) is 9.80. The van der Waals surface area contributed by atoms with E-state index in [9.17, 15) is 0 Å². The molecule has 0 saturated carbocycles. The van der Waals surface area contributed by atoms with Crippen LogP contribution in [0.5, 0.6) is 0 Å². The largest absolute Gasteiger partial charge is 0.281 e. The number of hydrogen-bond donors (Lipinski definition) is 0. The second kappa shape index (κ2) is 8.70. The first kappa shape index (κ1) is 16.6. The topological polar surface area (TPSA) is 0 Å². The Bertz CT molecular complexity index is 386. The average Bonchev–Trinajstić information content (AvgIpc) is 2.30. The van der Waals surface area contributed by atoms with Crippen molar-refractivity contribution < 1.29 is 65.4 Å². The van der Waals surface area contributed by atoms with Crippen LogP contribution in [-0.2, 0) is 65.4 Å². The molecule has 0 fully saturated rings. The minimum Gasteiger partial charge on any atom is -0.281 e.